The average molecular weight is 281 g/mol. The smallest absolute Gasteiger partial charge is 0.410 e. The number of aliphatic hydroxyl groups is 1. The van der Waals surface area contributed by atoms with E-state index in [-0.39, 0.29) is 12.7 Å². The van der Waals surface area contributed by atoms with Crippen LogP contribution in [0.15, 0.2) is 30.3 Å². The fourth-order valence-corrected chi connectivity index (χ4v) is 1.66. The van der Waals surface area contributed by atoms with Crippen LogP contribution in [0, 0.1) is 0 Å². The molecule has 0 radical (unpaired) electrons. The Hall–Kier alpha value is -1.55. The van der Waals surface area contributed by atoms with Crippen LogP contribution in [0.4, 0.5) is 4.79 Å². The summed E-state index contributed by atoms with van der Waals surface area (Å²) in [5, 5.41) is 9.33. The lowest BCUT2D eigenvalue weighted by Crippen LogP contribution is -2.37. The highest BCUT2D eigenvalue weighted by atomic mass is 16.6. The molecule has 0 heterocycles. The van der Waals surface area contributed by atoms with E-state index in [0.29, 0.717) is 13.1 Å². The van der Waals surface area contributed by atoms with Crippen molar-refractivity contribution in [1.29, 1.82) is 0 Å². The monoisotopic (exact) mass is 281 g/mol. The van der Waals surface area contributed by atoms with E-state index in [1.807, 2.05) is 51.1 Å². The molecule has 1 unspecified atom stereocenters. The summed E-state index contributed by atoms with van der Waals surface area (Å²) in [4.78, 5) is 13.4. The zero-order valence-corrected chi connectivity index (χ0v) is 13.0. The van der Waals surface area contributed by atoms with Gasteiger partial charge in [-0.25, -0.2) is 4.79 Å². The first-order valence-corrected chi connectivity index (χ1v) is 7.27. The van der Waals surface area contributed by atoms with Crippen LogP contribution >= 0.6 is 0 Å². The molecule has 4 nitrogen and oxygen atoms in total. The van der Waals surface area contributed by atoms with Gasteiger partial charge in [0, 0.05) is 13.1 Å². The number of benzene rings is 1. The predicted octanol–water partition coefficient (Wildman–Crippen LogP) is 3.44. The first-order valence-electron chi connectivity index (χ1n) is 7.27. The van der Waals surface area contributed by atoms with Crippen molar-refractivity contribution in [2.45, 2.75) is 46.8 Å². The molecule has 0 saturated heterocycles. The number of hydrogen-bond donors (Lipinski definition) is 1. The number of carbonyl (C=O) groups is 1. The van der Waals surface area contributed by atoms with Crippen LogP contribution in [0.25, 0.3) is 0 Å². The second-order valence-corrected chi connectivity index (χ2v) is 4.34. The first kappa shape index (κ1) is 18.4. The lowest BCUT2D eigenvalue weighted by Gasteiger charge is -2.22. The molecule has 0 bridgehead atoms. The number of rotatable bonds is 6. The van der Waals surface area contributed by atoms with Gasteiger partial charge in [0.05, 0.1) is 6.10 Å². The van der Waals surface area contributed by atoms with Gasteiger partial charge in [-0.1, -0.05) is 51.1 Å². The molecule has 0 fully saturated rings. The summed E-state index contributed by atoms with van der Waals surface area (Å²) in [5.74, 6) is 0. The molecule has 1 rings (SSSR count). The molecule has 0 spiro atoms. The van der Waals surface area contributed by atoms with Crippen molar-refractivity contribution in [3.8, 4) is 0 Å². The van der Waals surface area contributed by atoms with Gasteiger partial charge in [0.25, 0.3) is 0 Å². The van der Waals surface area contributed by atoms with E-state index in [2.05, 4.69) is 0 Å². The third-order valence-corrected chi connectivity index (χ3v) is 2.44. The number of aliphatic hydroxyl groups excluding tert-OH is 1. The molecule has 0 aliphatic rings. The first-order chi connectivity index (χ1) is 9.63. The Kier molecular flexibility index (Phi) is 10.4. The van der Waals surface area contributed by atoms with Gasteiger partial charge in [-0.15, -0.1) is 0 Å². The molecule has 1 amide bonds. The maximum Gasteiger partial charge on any atom is 0.410 e. The van der Waals surface area contributed by atoms with Crippen molar-refractivity contribution in [2.24, 2.45) is 0 Å². The van der Waals surface area contributed by atoms with E-state index in [1.165, 1.54) is 4.90 Å². The molecule has 1 aromatic carbocycles. The van der Waals surface area contributed by atoms with Crippen LogP contribution in [-0.2, 0) is 11.3 Å². The summed E-state index contributed by atoms with van der Waals surface area (Å²) in [5.41, 5.74) is 0.958. The van der Waals surface area contributed by atoms with Crippen LogP contribution in [0.1, 0.15) is 39.7 Å². The number of nitrogens with zero attached hydrogens (tertiary/aromatic N) is 1. The molecular weight excluding hydrogens is 254 g/mol. The minimum absolute atomic E-state index is 0.264. The van der Waals surface area contributed by atoms with Crippen molar-refractivity contribution in [1.82, 2.24) is 4.90 Å². The number of amides is 1. The quantitative estimate of drug-likeness (QED) is 0.869. The fourth-order valence-electron chi connectivity index (χ4n) is 1.66. The molecule has 1 N–H and O–H groups in total. The molecule has 1 atom stereocenters. The lowest BCUT2D eigenvalue weighted by atomic mass is 10.2. The summed E-state index contributed by atoms with van der Waals surface area (Å²) in [6, 6.07) is 9.55. The Balaban J connectivity index is 0.00000172. The lowest BCUT2D eigenvalue weighted by molar-refractivity contribution is 0.0734. The highest BCUT2D eigenvalue weighted by Gasteiger charge is 2.15. The van der Waals surface area contributed by atoms with E-state index in [0.717, 1.165) is 12.0 Å². The van der Waals surface area contributed by atoms with Crippen molar-refractivity contribution < 1.29 is 14.6 Å². The summed E-state index contributed by atoms with van der Waals surface area (Å²) in [6.45, 7) is 8.81. The van der Waals surface area contributed by atoms with Gasteiger partial charge in [-0.2, -0.15) is 0 Å². The number of carbonyl (C=O) groups excluding carboxylic acids is 1. The largest absolute Gasteiger partial charge is 0.445 e. The van der Waals surface area contributed by atoms with Crippen LogP contribution in [0.3, 0.4) is 0 Å². The molecule has 4 heteroatoms. The molecule has 1 aromatic rings. The molecule has 0 aliphatic heterocycles. The Labute approximate surface area is 122 Å². The summed E-state index contributed by atoms with van der Waals surface area (Å²) in [7, 11) is 0. The Morgan fingerprint density at radius 3 is 2.40 bits per heavy atom. The maximum atomic E-state index is 11.8. The minimum atomic E-state index is -0.541. The predicted molar refractivity (Wildman–Crippen MR) is 81.5 cm³/mol. The maximum absolute atomic E-state index is 11.8. The van der Waals surface area contributed by atoms with Gasteiger partial charge in [0.15, 0.2) is 0 Å². The van der Waals surface area contributed by atoms with Gasteiger partial charge in [0.2, 0.25) is 0 Å². The normalized spacial score (nSPS) is 11.1. The Morgan fingerprint density at radius 1 is 1.30 bits per heavy atom. The molecule has 0 saturated carbocycles. The van der Waals surface area contributed by atoms with Crippen LogP contribution in [0.5, 0.6) is 0 Å². The fraction of sp³-hybridized carbons (Fsp3) is 0.562. The van der Waals surface area contributed by atoms with Crippen LogP contribution in [0.2, 0.25) is 0 Å². The second-order valence-electron chi connectivity index (χ2n) is 4.34. The number of hydrogen-bond acceptors (Lipinski definition) is 3. The van der Waals surface area contributed by atoms with E-state index >= 15 is 0 Å². The number of ether oxygens (including phenoxy) is 1. The Morgan fingerprint density at radius 2 is 1.90 bits per heavy atom. The van der Waals surface area contributed by atoms with Crippen molar-refractivity contribution in [3.05, 3.63) is 35.9 Å². The highest BCUT2D eigenvalue weighted by molar-refractivity contribution is 5.67. The van der Waals surface area contributed by atoms with E-state index in [9.17, 15) is 9.90 Å². The second kappa shape index (κ2) is 11.3. The van der Waals surface area contributed by atoms with E-state index < -0.39 is 6.10 Å². The molecular formula is C16H27NO3. The SMILES string of the molecule is CC.CCCN(CC(C)O)C(=O)OCc1ccccc1. The minimum Gasteiger partial charge on any atom is -0.445 e. The van der Waals surface area contributed by atoms with Gasteiger partial charge in [-0.05, 0) is 18.9 Å². The van der Waals surface area contributed by atoms with Crippen molar-refractivity contribution in [3.63, 3.8) is 0 Å². The third-order valence-electron chi connectivity index (χ3n) is 2.44. The zero-order chi connectivity index (χ0) is 15.4. The zero-order valence-electron chi connectivity index (χ0n) is 13.0. The molecule has 0 aromatic heterocycles. The van der Waals surface area contributed by atoms with E-state index in [1.54, 1.807) is 6.92 Å². The summed E-state index contributed by atoms with van der Waals surface area (Å²) < 4.78 is 5.22. The summed E-state index contributed by atoms with van der Waals surface area (Å²) in [6.07, 6.45) is -0.0740. The topological polar surface area (TPSA) is 49.8 Å². The van der Waals surface area contributed by atoms with Gasteiger partial charge in [0.1, 0.15) is 6.61 Å². The molecule has 0 aliphatic carbocycles. The van der Waals surface area contributed by atoms with Gasteiger partial charge in [-0.3, -0.25) is 0 Å². The van der Waals surface area contributed by atoms with Crippen molar-refractivity contribution in [2.75, 3.05) is 13.1 Å². The van der Waals surface area contributed by atoms with Crippen LogP contribution in [-0.4, -0.2) is 35.3 Å². The van der Waals surface area contributed by atoms with Crippen molar-refractivity contribution >= 4 is 6.09 Å². The highest BCUT2D eigenvalue weighted by Crippen LogP contribution is 2.04. The summed E-state index contributed by atoms with van der Waals surface area (Å²) >= 11 is 0. The Bertz CT molecular complexity index is 352. The molecule has 20 heavy (non-hydrogen) atoms. The van der Waals surface area contributed by atoms with Crippen LogP contribution < -0.4 is 0 Å². The molecule has 114 valence electrons. The average Bonchev–Trinajstić information content (AvgIpc) is 2.47. The van der Waals surface area contributed by atoms with Gasteiger partial charge >= 0.3 is 6.09 Å². The van der Waals surface area contributed by atoms with E-state index in [4.69, 9.17) is 4.74 Å². The standard InChI is InChI=1S/C14H21NO3.C2H6/c1-3-9-15(10-12(2)16)14(17)18-11-13-7-5-4-6-8-13;1-2/h4-8,12,16H,3,9-11H2,1-2H3;1-2H3. The van der Waals surface area contributed by atoms with Gasteiger partial charge < -0.3 is 14.7 Å². The third kappa shape index (κ3) is 7.79.